The third-order valence-electron chi connectivity index (χ3n) is 6.67. The third-order valence-corrected chi connectivity index (χ3v) is 8.55. The molecule has 0 radical (unpaired) electrons. The van der Waals surface area contributed by atoms with Crippen LogP contribution in [0.2, 0.25) is 0 Å². The number of carbonyl (C=O) groups is 1. The molecule has 2 aliphatic rings. The van der Waals surface area contributed by atoms with Gasteiger partial charge in [0.2, 0.25) is 15.9 Å². The number of anilines is 1. The Labute approximate surface area is 185 Å². The Kier molecular flexibility index (Phi) is 6.77. The SMILES string of the molecule is Cc1ccc(S(=O)(=O)N2CCC[C@@H](C(=O)Nc3ccc(C4CCCCC4)cc3)C2)cc1. The molecule has 1 aliphatic carbocycles. The quantitative estimate of drug-likeness (QED) is 0.705. The summed E-state index contributed by atoms with van der Waals surface area (Å²) < 4.78 is 27.5. The van der Waals surface area contributed by atoms with Gasteiger partial charge in [-0.05, 0) is 68.4 Å². The number of hydrogen-bond donors (Lipinski definition) is 1. The predicted molar refractivity (Wildman–Crippen MR) is 124 cm³/mol. The van der Waals surface area contributed by atoms with E-state index >= 15 is 0 Å². The van der Waals surface area contributed by atoms with E-state index in [1.54, 1.807) is 24.3 Å². The van der Waals surface area contributed by atoms with Crippen LogP contribution in [-0.4, -0.2) is 31.7 Å². The summed E-state index contributed by atoms with van der Waals surface area (Å²) in [4.78, 5) is 13.2. The van der Waals surface area contributed by atoms with Gasteiger partial charge in [0.15, 0.2) is 0 Å². The molecule has 1 aliphatic heterocycles. The van der Waals surface area contributed by atoms with Crippen molar-refractivity contribution in [3.8, 4) is 0 Å². The van der Waals surface area contributed by atoms with E-state index in [1.165, 1.54) is 42.0 Å². The number of rotatable bonds is 5. The lowest BCUT2D eigenvalue weighted by Gasteiger charge is -2.31. The zero-order valence-electron chi connectivity index (χ0n) is 18.2. The van der Waals surface area contributed by atoms with Gasteiger partial charge in [-0.25, -0.2) is 8.42 Å². The fraction of sp³-hybridized carbons (Fsp3) is 0.480. The molecule has 0 spiro atoms. The standard InChI is InChI=1S/C25H32N2O3S/c1-19-9-15-24(16-10-19)31(29,30)27-17-5-8-22(18-27)25(28)26-23-13-11-21(12-14-23)20-6-3-2-4-7-20/h9-16,20,22H,2-8,17-18H2,1H3,(H,26,28)/t22-/m1/s1. The molecule has 1 N–H and O–H groups in total. The molecule has 6 heteroatoms. The van der Waals surface area contributed by atoms with Crippen LogP contribution in [0.25, 0.3) is 0 Å². The number of carbonyl (C=O) groups excluding carboxylic acids is 1. The van der Waals surface area contributed by atoms with Crippen LogP contribution in [0.5, 0.6) is 0 Å². The highest BCUT2D eigenvalue weighted by atomic mass is 32.2. The molecule has 31 heavy (non-hydrogen) atoms. The number of aryl methyl sites for hydroxylation is 1. The number of piperidine rings is 1. The minimum atomic E-state index is -3.58. The van der Waals surface area contributed by atoms with Crippen LogP contribution >= 0.6 is 0 Å². The van der Waals surface area contributed by atoms with E-state index in [1.807, 2.05) is 19.1 Å². The van der Waals surface area contributed by atoms with Gasteiger partial charge in [-0.3, -0.25) is 4.79 Å². The molecular formula is C25H32N2O3S. The van der Waals surface area contributed by atoms with Crippen LogP contribution in [0, 0.1) is 12.8 Å². The zero-order chi connectivity index (χ0) is 21.8. The van der Waals surface area contributed by atoms with Crippen molar-refractivity contribution in [3.63, 3.8) is 0 Å². The fourth-order valence-corrected chi connectivity index (χ4v) is 6.28. The summed E-state index contributed by atoms with van der Waals surface area (Å²) in [7, 11) is -3.58. The maximum absolute atomic E-state index is 13.0. The van der Waals surface area contributed by atoms with Crippen LogP contribution in [0.15, 0.2) is 53.4 Å². The van der Waals surface area contributed by atoms with E-state index in [0.717, 1.165) is 11.3 Å². The van der Waals surface area contributed by atoms with E-state index in [2.05, 4.69) is 17.4 Å². The highest BCUT2D eigenvalue weighted by molar-refractivity contribution is 7.89. The van der Waals surface area contributed by atoms with Crippen LogP contribution in [-0.2, 0) is 14.8 Å². The Bertz CT molecular complexity index is 994. The first-order valence-corrected chi connectivity index (χ1v) is 12.8. The monoisotopic (exact) mass is 440 g/mol. The second-order valence-corrected chi connectivity index (χ2v) is 10.9. The molecule has 2 aromatic carbocycles. The minimum Gasteiger partial charge on any atom is -0.326 e. The predicted octanol–water partition coefficient (Wildman–Crippen LogP) is 5.08. The molecule has 1 amide bonds. The van der Waals surface area contributed by atoms with Crippen molar-refractivity contribution in [2.45, 2.75) is 62.7 Å². The molecule has 1 saturated carbocycles. The summed E-state index contributed by atoms with van der Waals surface area (Å²) in [5, 5.41) is 3.00. The first-order chi connectivity index (χ1) is 14.9. The molecule has 0 unspecified atom stereocenters. The van der Waals surface area contributed by atoms with Crippen molar-refractivity contribution in [2.75, 3.05) is 18.4 Å². The first-order valence-electron chi connectivity index (χ1n) is 11.4. The fourth-order valence-electron chi connectivity index (χ4n) is 4.75. The number of sulfonamides is 1. The molecule has 0 bridgehead atoms. The van der Waals surface area contributed by atoms with E-state index in [9.17, 15) is 13.2 Å². The average Bonchev–Trinajstić information content (AvgIpc) is 2.80. The van der Waals surface area contributed by atoms with Crippen LogP contribution < -0.4 is 5.32 Å². The highest BCUT2D eigenvalue weighted by Gasteiger charge is 2.33. The van der Waals surface area contributed by atoms with Gasteiger partial charge in [0.05, 0.1) is 10.8 Å². The number of nitrogens with one attached hydrogen (secondary N) is 1. The zero-order valence-corrected chi connectivity index (χ0v) is 19.0. The summed E-state index contributed by atoms with van der Waals surface area (Å²) in [5.74, 6) is 0.193. The van der Waals surface area contributed by atoms with Crippen molar-refractivity contribution in [1.82, 2.24) is 4.31 Å². The second kappa shape index (κ2) is 9.53. The minimum absolute atomic E-state index is 0.103. The normalized spacial score (nSPS) is 21.0. The molecular weight excluding hydrogens is 408 g/mol. The van der Waals surface area contributed by atoms with Crippen molar-refractivity contribution >= 4 is 21.6 Å². The van der Waals surface area contributed by atoms with Crippen molar-refractivity contribution in [1.29, 1.82) is 0 Å². The number of nitrogens with zero attached hydrogens (tertiary/aromatic N) is 1. The van der Waals surface area contributed by atoms with Crippen LogP contribution in [0.4, 0.5) is 5.69 Å². The molecule has 2 aromatic rings. The summed E-state index contributed by atoms with van der Waals surface area (Å²) in [5.41, 5.74) is 3.15. The lowest BCUT2D eigenvalue weighted by Crippen LogP contribution is -2.43. The van der Waals surface area contributed by atoms with Crippen molar-refractivity contribution in [3.05, 3.63) is 59.7 Å². The molecule has 166 valence electrons. The van der Waals surface area contributed by atoms with Crippen LogP contribution in [0.1, 0.15) is 62.0 Å². The molecule has 4 rings (SSSR count). The highest BCUT2D eigenvalue weighted by Crippen LogP contribution is 2.33. The van der Waals surface area contributed by atoms with Crippen molar-refractivity contribution in [2.24, 2.45) is 5.92 Å². The summed E-state index contributed by atoms with van der Waals surface area (Å²) in [6, 6.07) is 15.1. The maximum atomic E-state index is 13.0. The molecule has 1 saturated heterocycles. The number of benzene rings is 2. The number of amides is 1. The summed E-state index contributed by atoms with van der Waals surface area (Å²) in [6.45, 7) is 2.61. The second-order valence-electron chi connectivity index (χ2n) is 8.96. The van der Waals surface area contributed by atoms with Gasteiger partial charge in [-0.1, -0.05) is 49.1 Å². The van der Waals surface area contributed by atoms with Gasteiger partial charge in [-0.2, -0.15) is 4.31 Å². The lowest BCUT2D eigenvalue weighted by atomic mass is 9.84. The van der Waals surface area contributed by atoms with Gasteiger partial charge in [0.1, 0.15) is 0 Å². The number of hydrogen-bond acceptors (Lipinski definition) is 3. The lowest BCUT2D eigenvalue weighted by molar-refractivity contribution is -0.120. The van der Waals surface area contributed by atoms with Crippen LogP contribution in [0.3, 0.4) is 0 Å². The largest absolute Gasteiger partial charge is 0.326 e. The Hall–Kier alpha value is -2.18. The Morgan fingerprint density at radius 3 is 2.26 bits per heavy atom. The summed E-state index contributed by atoms with van der Waals surface area (Å²) in [6.07, 6.45) is 7.82. The Balaban J connectivity index is 1.39. The van der Waals surface area contributed by atoms with Crippen molar-refractivity contribution < 1.29 is 13.2 Å². The molecule has 2 fully saturated rings. The van der Waals surface area contributed by atoms with Gasteiger partial charge >= 0.3 is 0 Å². The summed E-state index contributed by atoms with van der Waals surface area (Å²) >= 11 is 0. The average molecular weight is 441 g/mol. The first kappa shape index (κ1) is 22.0. The van der Waals surface area contributed by atoms with E-state index in [-0.39, 0.29) is 23.3 Å². The third kappa shape index (κ3) is 5.18. The Morgan fingerprint density at radius 2 is 1.58 bits per heavy atom. The molecule has 1 heterocycles. The van der Waals surface area contributed by atoms with Gasteiger partial charge in [0.25, 0.3) is 0 Å². The molecule has 0 aromatic heterocycles. The van der Waals surface area contributed by atoms with Gasteiger partial charge in [-0.15, -0.1) is 0 Å². The van der Waals surface area contributed by atoms with E-state index < -0.39 is 10.0 Å². The smallest absolute Gasteiger partial charge is 0.243 e. The maximum Gasteiger partial charge on any atom is 0.243 e. The van der Waals surface area contributed by atoms with E-state index in [0.29, 0.717) is 25.3 Å². The van der Waals surface area contributed by atoms with Gasteiger partial charge < -0.3 is 5.32 Å². The van der Waals surface area contributed by atoms with Gasteiger partial charge in [0, 0.05) is 18.8 Å². The molecule has 1 atom stereocenters. The molecule has 5 nitrogen and oxygen atoms in total. The van der Waals surface area contributed by atoms with E-state index in [4.69, 9.17) is 0 Å². The Morgan fingerprint density at radius 1 is 0.903 bits per heavy atom. The topological polar surface area (TPSA) is 66.5 Å².